The Hall–Kier alpha value is -0.620. The van der Waals surface area contributed by atoms with Crippen LogP contribution in [0.4, 0.5) is 0 Å². The fraction of sp³-hybridized carbons (Fsp3) is 0.900. The van der Waals surface area contributed by atoms with E-state index in [2.05, 4.69) is 0 Å². The first kappa shape index (κ1) is 13.4. The number of carbonyl (C=O) groups is 1. The highest BCUT2D eigenvalue weighted by Gasteiger charge is 2.27. The van der Waals surface area contributed by atoms with Gasteiger partial charge in [-0.1, -0.05) is 0 Å². The van der Waals surface area contributed by atoms with Crippen LogP contribution in [0.3, 0.4) is 0 Å². The molecule has 0 bridgehead atoms. The van der Waals surface area contributed by atoms with E-state index >= 15 is 0 Å². The van der Waals surface area contributed by atoms with Crippen molar-refractivity contribution in [2.75, 3.05) is 25.1 Å². The molecule has 0 radical (unpaired) electrons. The lowest BCUT2D eigenvalue weighted by Gasteiger charge is -2.35. The van der Waals surface area contributed by atoms with Crippen LogP contribution < -0.4 is 5.73 Å². The van der Waals surface area contributed by atoms with E-state index in [0.717, 1.165) is 31.9 Å². The zero-order valence-electron chi connectivity index (χ0n) is 9.68. The highest BCUT2D eigenvalue weighted by atomic mass is 32.2. The predicted octanol–water partition coefficient (Wildman–Crippen LogP) is -0.239. The predicted molar refractivity (Wildman–Crippen MR) is 62.7 cm³/mol. The van der Waals surface area contributed by atoms with Crippen molar-refractivity contribution in [1.29, 1.82) is 0 Å². The molecule has 1 amide bonds. The Bertz CT molecular complexity index is 338. The number of hydrogen-bond acceptors (Lipinski definition) is 4. The van der Waals surface area contributed by atoms with Crippen molar-refractivity contribution in [3.8, 4) is 0 Å². The minimum Gasteiger partial charge on any atom is -0.339 e. The Morgan fingerprint density at radius 3 is 2.69 bits per heavy atom. The van der Waals surface area contributed by atoms with Gasteiger partial charge in [-0.25, -0.2) is 8.42 Å². The first-order chi connectivity index (χ1) is 7.44. The molecular weight excluding hydrogens is 228 g/mol. The van der Waals surface area contributed by atoms with E-state index in [1.54, 1.807) is 4.90 Å². The van der Waals surface area contributed by atoms with Gasteiger partial charge >= 0.3 is 0 Å². The summed E-state index contributed by atoms with van der Waals surface area (Å²) < 4.78 is 22.2. The van der Waals surface area contributed by atoms with Crippen molar-refractivity contribution in [2.45, 2.75) is 31.7 Å². The van der Waals surface area contributed by atoms with Crippen LogP contribution in [0.5, 0.6) is 0 Å². The minimum absolute atomic E-state index is 0.132. The standard InChI is InChI=1S/C10H20N2O3S/c1-16(14,15)8-10(13)12-7-3-2-4-9(12)5-6-11/h9H,2-8,11H2,1H3. The number of piperidine rings is 1. The highest BCUT2D eigenvalue weighted by Crippen LogP contribution is 2.19. The van der Waals surface area contributed by atoms with Gasteiger partial charge in [-0.3, -0.25) is 4.79 Å². The first-order valence-corrected chi connectivity index (χ1v) is 7.67. The van der Waals surface area contributed by atoms with Crippen molar-refractivity contribution in [1.82, 2.24) is 4.90 Å². The monoisotopic (exact) mass is 248 g/mol. The number of sulfone groups is 1. The molecule has 1 saturated heterocycles. The molecule has 0 aromatic rings. The molecule has 2 N–H and O–H groups in total. The van der Waals surface area contributed by atoms with Gasteiger partial charge in [0, 0.05) is 18.8 Å². The lowest BCUT2D eigenvalue weighted by atomic mass is 9.99. The normalized spacial score (nSPS) is 22.1. The molecule has 0 aliphatic carbocycles. The van der Waals surface area contributed by atoms with Crippen molar-refractivity contribution >= 4 is 15.7 Å². The maximum absolute atomic E-state index is 11.8. The number of amides is 1. The van der Waals surface area contributed by atoms with Crippen molar-refractivity contribution in [3.05, 3.63) is 0 Å². The summed E-state index contributed by atoms with van der Waals surface area (Å²) in [5.74, 6) is -0.658. The number of hydrogen-bond donors (Lipinski definition) is 1. The number of carbonyl (C=O) groups excluding carboxylic acids is 1. The van der Waals surface area contributed by atoms with E-state index in [-0.39, 0.29) is 17.7 Å². The molecule has 6 heteroatoms. The van der Waals surface area contributed by atoms with Gasteiger partial charge in [0.05, 0.1) is 0 Å². The van der Waals surface area contributed by atoms with Crippen molar-refractivity contribution in [3.63, 3.8) is 0 Å². The molecule has 1 rings (SSSR count). The number of likely N-dealkylation sites (tertiary alicyclic amines) is 1. The van der Waals surface area contributed by atoms with Crippen LogP contribution in [0.2, 0.25) is 0 Å². The average Bonchev–Trinajstić information content (AvgIpc) is 2.16. The minimum atomic E-state index is -3.23. The van der Waals surface area contributed by atoms with Crippen LogP contribution in [0, 0.1) is 0 Å². The van der Waals surface area contributed by atoms with E-state index in [1.165, 1.54) is 0 Å². The van der Waals surface area contributed by atoms with Crippen LogP contribution in [-0.4, -0.2) is 50.4 Å². The third kappa shape index (κ3) is 4.09. The third-order valence-electron chi connectivity index (χ3n) is 2.83. The second-order valence-electron chi connectivity index (χ2n) is 4.38. The molecule has 94 valence electrons. The highest BCUT2D eigenvalue weighted by molar-refractivity contribution is 7.91. The van der Waals surface area contributed by atoms with E-state index in [1.807, 2.05) is 0 Å². The van der Waals surface area contributed by atoms with Crippen LogP contribution in [0.25, 0.3) is 0 Å². The average molecular weight is 248 g/mol. The SMILES string of the molecule is CS(=O)(=O)CC(=O)N1CCCCC1CCN. The zero-order chi connectivity index (χ0) is 12.2. The maximum Gasteiger partial charge on any atom is 0.238 e. The van der Waals surface area contributed by atoms with Gasteiger partial charge in [-0.2, -0.15) is 0 Å². The molecular formula is C10H20N2O3S. The summed E-state index contributed by atoms with van der Waals surface area (Å²) >= 11 is 0. The van der Waals surface area contributed by atoms with Crippen LogP contribution in [-0.2, 0) is 14.6 Å². The molecule has 1 aliphatic heterocycles. The van der Waals surface area contributed by atoms with Gasteiger partial charge in [0.2, 0.25) is 5.91 Å². The third-order valence-corrected chi connectivity index (χ3v) is 3.60. The number of nitrogens with zero attached hydrogens (tertiary/aromatic N) is 1. The number of nitrogens with two attached hydrogens (primary N) is 1. The smallest absolute Gasteiger partial charge is 0.238 e. The van der Waals surface area contributed by atoms with E-state index in [4.69, 9.17) is 5.73 Å². The Kier molecular flexibility index (Phi) is 4.73. The lowest BCUT2D eigenvalue weighted by Crippen LogP contribution is -2.46. The molecule has 0 spiro atoms. The van der Waals surface area contributed by atoms with E-state index < -0.39 is 9.84 Å². The fourth-order valence-corrected chi connectivity index (χ4v) is 2.74. The zero-order valence-corrected chi connectivity index (χ0v) is 10.5. The summed E-state index contributed by atoms with van der Waals surface area (Å²) in [5.41, 5.74) is 5.49. The molecule has 0 saturated carbocycles. The van der Waals surface area contributed by atoms with E-state index in [9.17, 15) is 13.2 Å². The van der Waals surface area contributed by atoms with E-state index in [0.29, 0.717) is 13.1 Å². The molecule has 1 fully saturated rings. The molecule has 1 unspecified atom stereocenters. The Morgan fingerprint density at radius 2 is 2.12 bits per heavy atom. The summed E-state index contributed by atoms with van der Waals surface area (Å²) in [4.78, 5) is 13.5. The Balaban J connectivity index is 2.64. The van der Waals surface area contributed by atoms with Crippen LogP contribution in [0.1, 0.15) is 25.7 Å². The molecule has 1 atom stereocenters. The summed E-state index contributed by atoms with van der Waals surface area (Å²) in [7, 11) is -3.23. The van der Waals surface area contributed by atoms with Gasteiger partial charge in [-0.15, -0.1) is 0 Å². The van der Waals surface area contributed by atoms with Gasteiger partial charge in [0.1, 0.15) is 5.75 Å². The van der Waals surface area contributed by atoms with Gasteiger partial charge in [0.15, 0.2) is 9.84 Å². The molecule has 0 aromatic carbocycles. The Morgan fingerprint density at radius 1 is 1.44 bits per heavy atom. The summed E-state index contributed by atoms with van der Waals surface area (Å²) in [6.45, 7) is 1.20. The van der Waals surface area contributed by atoms with Crippen molar-refractivity contribution in [2.24, 2.45) is 5.73 Å². The van der Waals surface area contributed by atoms with Gasteiger partial charge in [0.25, 0.3) is 0 Å². The summed E-state index contributed by atoms with van der Waals surface area (Å²) in [6.07, 6.45) is 4.83. The summed E-state index contributed by atoms with van der Waals surface area (Å²) in [5, 5.41) is 0. The molecule has 5 nitrogen and oxygen atoms in total. The second kappa shape index (κ2) is 5.63. The van der Waals surface area contributed by atoms with Gasteiger partial charge < -0.3 is 10.6 Å². The second-order valence-corrected chi connectivity index (χ2v) is 6.52. The lowest BCUT2D eigenvalue weighted by molar-refractivity contribution is -0.132. The van der Waals surface area contributed by atoms with Crippen LogP contribution >= 0.6 is 0 Å². The topological polar surface area (TPSA) is 80.5 Å². The first-order valence-electron chi connectivity index (χ1n) is 5.61. The van der Waals surface area contributed by atoms with Crippen LogP contribution in [0.15, 0.2) is 0 Å². The summed E-state index contributed by atoms with van der Waals surface area (Å²) in [6, 6.07) is 0.132. The molecule has 16 heavy (non-hydrogen) atoms. The largest absolute Gasteiger partial charge is 0.339 e. The molecule has 1 aliphatic rings. The van der Waals surface area contributed by atoms with Crippen molar-refractivity contribution < 1.29 is 13.2 Å². The fourth-order valence-electron chi connectivity index (χ4n) is 2.13. The van der Waals surface area contributed by atoms with Gasteiger partial charge in [-0.05, 0) is 32.2 Å². The Labute approximate surface area is 96.9 Å². The number of rotatable bonds is 4. The molecule has 0 aromatic heterocycles. The molecule has 1 heterocycles. The quantitative estimate of drug-likeness (QED) is 0.744. The maximum atomic E-state index is 11.8.